The van der Waals surface area contributed by atoms with E-state index in [-0.39, 0.29) is 24.9 Å². The van der Waals surface area contributed by atoms with E-state index < -0.39 is 0 Å². The van der Waals surface area contributed by atoms with Crippen molar-refractivity contribution < 1.29 is 14.0 Å². The molecule has 0 saturated carbocycles. The highest BCUT2D eigenvalue weighted by atomic mass is 16.3. The molecule has 1 aliphatic heterocycles. The zero-order valence-corrected chi connectivity index (χ0v) is 8.23. The quantitative estimate of drug-likeness (QED) is 0.747. The van der Waals surface area contributed by atoms with Crippen LogP contribution in [0.15, 0.2) is 22.8 Å². The van der Waals surface area contributed by atoms with Gasteiger partial charge in [0.2, 0.25) is 11.8 Å². The Labute approximate surface area is 87.0 Å². The third kappa shape index (κ3) is 2.37. The Bertz CT molecular complexity index is 359. The Morgan fingerprint density at radius 1 is 1.47 bits per heavy atom. The number of carbonyl (C=O) groups excluding carboxylic acids is 2. The molecule has 5 heteroatoms. The summed E-state index contributed by atoms with van der Waals surface area (Å²) in [4.78, 5) is 24.0. The molecule has 1 aromatic rings. The van der Waals surface area contributed by atoms with Gasteiger partial charge in [-0.3, -0.25) is 9.59 Å². The zero-order valence-electron chi connectivity index (χ0n) is 8.23. The molecular formula is C10H12N2O3. The first-order valence-corrected chi connectivity index (χ1v) is 4.82. The molecule has 5 nitrogen and oxygen atoms in total. The first-order chi connectivity index (χ1) is 7.25. The molecular weight excluding hydrogens is 196 g/mol. The Hall–Kier alpha value is -1.78. The summed E-state index contributed by atoms with van der Waals surface area (Å²) in [6.45, 7) is 0.788. The fourth-order valence-corrected chi connectivity index (χ4v) is 1.51. The number of nitrogens with zero attached hydrogens (tertiary/aromatic N) is 1. The van der Waals surface area contributed by atoms with Crippen LogP contribution in [0.4, 0.5) is 0 Å². The summed E-state index contributed by atoms with van der Waals surface area (Å²) in [5, 5.41) is 2.50. The lowest BCUT2D eigenvalue weighted by molar-refractivity contribution is -0.140. The summed E-state index contributed by atoms with van der Waals surface area (Å²) in [5.41, 5.74) is 0. The smallest absolute Gasteiger partial charge is 0.242 e. The molecule has 1 N–H and O–H groups in total. The number of amides is 2. The lowest BCUT2D eigenvalue weighted by Gasteiger charge is -2.26. The predicted molar refractivity (Wildman–Crippen MR) is 52.0 cm³/mol. The van der Waals surface area contributed by atoms with E-state index in [1.165, 1.54) is 0 Å². The lowest BCUT2D eigenvalue weighted by atomic mass is 10.2. The van der Waals surface area contributed by atoms with Gasteiger partial charge in [0.15, 0.2) is 0 Å². The fourth-order valence-electron chi connectivity index (χ4n) is 1.51. The summed E-state index contributed by atoms with van der Waals surface area (Å²) < 4.78 is 5.15. The molecule has 1 aliphatic rings. The number of carbonyl (C=O) groups is 2. The van der Waals surface area contributed by atoms with Crippen LogP contribution in [0.1, 0.15) is 5.76 Å². The largest absolute Gasteiger partial charge is 0.469 e. The van der Waals surface area contributed by atoms with Gasteiger partial charge < -0.3 is 14.6 Å². The van der Waals surface area contributed by atoms with Crippen molar-refractivity contribution in [1.29, 1.82) is 0 Å². The summed E-state index contributed by atoms with van der Waals surface area (Å²) in [6, 6.07) is 3.66. The molecule has 15 heavy (non-hydrogen) atoms. The van der Waals surface area contributed by atoms with Crippen molar-refractivity contribution in [2.75, 3.05) is 19.6 Å². The molecule has 0 spiro atoms. The number of nitrogens with one attached hydrogen (secondary N) is 1. The SMILES string of the molecule is O=C1CN(CCc2ccco2)C(=O)CN1. The van der Waals surface area contributed by atoms with E-state index in [0.29, 0.717) is 13.0 Å². The summed E-state index contributed by atoms with van der Waals surface area (Å²) in [5.74, 6) is 0.684. The van der Waals surface area contributed by atoms with Crippen molar-refractivity contribution in [3.8, 4) is 0 Å². The van der Waals surface area contributed by atoms with Crippen LogP contribution >= 0.6 is 0 Å². The number of piperazine rings is 1. The van der Waals surface area contributed by atoms with E-state index in [0.717, 1.165) is 5.76 Å². The van der Waals surface area contributed by atoms with Crippen molar-refractivity contribution in [3.05, 3.63) is 24.2 Å². The molecule has 2 heterocycles. The van der Waals surface area contributed by atoms with Gasteiger partial charge in [-0.1, -0.05) is 0 Å². The maximum atomic E-state index is 11.4. The Morgan fingerprint density at radius 2 is 2.33 bits per heavy atom. The molecule has 2 rings (SSSR count). The number of hydrogen-bond donors (Lipinski definition) is 1. The van der Waals surface area contributed by atoms with E-state index in [1.807, 2.05) is 6.07 Å². The van der Waals surface area contributed by atoms with Crippen LogP contribution in [0.25, 0.3) is 0 Å². The first-order valence-electron chi connectivity index (χ1n) is 4.82. The highest BCUT2D eigenvalue weighted by molar-refractivity contribution is 5.92. The number of furan rings is 1. The first kappa shape index (κ1) is 9.76. The average Bonchev–Trinajstić information content (AvgIpc) is 2.72. The highest BCUT2D eigenvalue weighted by Gasteiger charge is 2.22. The minimum atomic E-state index is -0.103. The van der Waals surface area contributed by atoms with Crippen LogP contribution in [-0.2, 0) is 16.0 Å². The third-order valence-corrected chi connectivity index (χ3v) is 2.33. The Balaban J connectivity index is 1.88. The van der Waals surface area contributed by atoms with Crippen LogP contribution in [0.2, 0.25) is 0 Å². The van der Waals surface area contributed by atoms with Gasteiger partial charge in [0, 0.05) is 13.0 Å². The lowest BCUT2D eigenvalue weighted by Crippen LogP contribution is -2.51. The minimum Gasteiger partial charge on any atom is -0.469 e. The predicted octanol–water partition coefficient (Wildman–Crippen LogP) is -0.219. The third-order valence-electron chi connectivity index (χ3n) is 2.33. The van der Waals surface area contributed by atoms with Gasteiger partial charge in [0.25, 0.3) is 0 Å². The second-order valence-corrected chi connectivity index (χ2v) is 3.42. The Kier molecular flexibility index (Phi) is 2.71. The molecule has 0 aliphatic carbocycles. The fraction of sp³-hybridized carbons (Fsp3) is 0.400. The van der Waals surface area contributed by atoms with Gasteiger partial charge in [-0.25, -0.2) is 0 Å². The molecule has 0 aromatic carbocycles. The van der Waals surface area contributed by atoms with Gasteiger partial charge in [-0.15, -0.1) is 0 Å². The van der Waals surface area contributed by atoms with E-state index >= 15 is 0 Å². The molecule has 1 fully saturated rings. The van der Waals surface area contributed by atoms with E-state index in [1.54, 1.807) is 17.2 Å². The zero-order chi connectivity index (χ0) is 10.7. The van der Waals surface area contributed by atoms with Crippen molar-refractivity contribution in [1.82, 2.24) is 10.2 Å². The maximum absolute atomic E-state index is 11.4. The molecule has 2 amide bonds. The number of rotatable bonds is 3. The molecule has 0 unspecified atom stereocenters. The summed E-state index contributed by atoms with van der Waals surface area (Å²) >= 11 is 0. The van der Waals surface area contributed by atoms with Gasteiger partial charge in [0.05, 0.1) is 19.4 Å². The van der Waals surface area contributed by atoms with E-state index in [4.69, 9.17) is 4.42 Å². The van der Waals surface area contributed by atoms with Crippen LogP contribution in [0.5, 0.6) is 0 Å². The van der Waals surface area contributed by atoms with Gasteiger partial charge >= 0.3 is 0 Å². The monoisotopic (exact) mass is 208 g/mol. The van der Waals surface area contributed by atoms with Gasteiger partial charge in [-0.2, -0.15) is 0 Å². The van der Waals surface area contributed by atoms with Crippen LogP contribution in [0, 0.1) is 0 Å². The van der Waals surface area contributed by atoms with Gasteiger partial charge in [-0.05, 0) is 12.1 Å². The van der Waals surface area contributed by atoms with Crippen molar-refractivity contribution in [3.63, 3.8) is 0 Å². The second-order valence-electron chi connectivity index (χ2n) is 3.42. The van der Waals surface area contributed by atoms with E-state index in [2.05, 4.69) is 5.32 Å². The summed E-state index contributed by atoms with van der Waals surface area (Å²) in [6.07, 6.45) is 2.24. The highest BCUT2D eigenvalue weighted by Crippen LogP contribution is 2.03. The average molecular weight is 208 g/mol. The number of hydrogen-bond acceptors (Lipinski definition) is 3. The molecule has 1 saturated heterocycles. The summed E-state index contributed by atoms with van der Waals surface area (Å²) in [7, 11) is 0. The van der Waals surface area contributed by atoms with Crippen molar-refractivity contribution in [2.45, 2.75) is 6.42 Å². The second kappa shape index (κ2) is 4.16. The van der Waals surface area contributed by atoms with Gasteiger partial charge in [0.1, 0.15) is 5.76 Å². The van der Waals surface area contributed by atoms with Crippen molar-refractivity contribution >= 4 is 11.8 Å². The maximum Gasteiger partial charge on any atom is 0.242 e. The molecule has 0 radical (unpaired) electrons. The normalized spacial score (nSPS) is 16.7. The van der Waals surface area contributed by atoms with Crippen LogP contribution in [-0.4, -0.2) is 36.3 Å². The molecule has 80 valence electrons. The van der Waals surface area contributed by atoms with E-state index in [9.17, 15) is 9.59 Å². The molecule has 1 aromatic heterocycles. The molecule has 0 atom stereocenters. The standard InChI is InChI=1S/C10H12N2O3/c13-9-7-12(10(14)6-11-9)4-3-8-2-1-5-15-8/h1-2,5H,3-4,6-7H2,(H,11,13). The topological polar surface area (TPSA) is 62.6 Å². The minimum absolute atomic E-state index is 0.0406. The molecule has 0 bridgehead atoms. The van der Waals surface area contributed by atoms with Crippen LogP contribution in [0.3, 0.4) is 0 Å². The van der Waals surface area contributed by atoms with Crippen LogP contribution < -0.4 is 5.32 Å². The Morgan fingerprint density at radius 3 is 3.07 bits per heavy atom. The van der Waals surface area contributed by atoms with Crippen molar-refractivity contribution in [2.24, 2.45) is 0 Å².